The summed E-state index contributed by atoms with van der Waals surface area (Å²) in [6.07, 6.45) is 1.29. The van der Waals surface area contributed by atoms with E-state index in [-0.39, 0.29) is 0 Å². The predicted octanol–water partition coefficient (Wildman–Crippen LogP) is 3.23. The van der Waals surface area contributed by atoms with Crippen molar-refractivity contribution in [2.24, 2.45) is 11.3 Å². The molecule has 1 N–H and O–H groups in total. The van der Waals surface area contributed by atoms with Crippen molar-refractivity contribution < 1.29 is 4.74 Å². The van der Waals surface area contributed by atoms with Gasteiger partial charge in [0.1, 0.15) is 0 Å². The molecule has 0 amide bonds. The molecule has 0 radical (unpaired) electrons. The average molecular weight is 247 g/mol. The molecule has 1 aliphatic carbocycles. The summed E-state index contributed by atoms with van der Waals surface area (Å²) in [5.74, 6) is 0.729. The van der Waals surface area contributed by atoms with Gasteiger partial charge in [0.2, 0.25) is 0 Å². The highest BCUT2D eigenvalue weighted by molar-refractivity contribution is 5.13. The van der Waals surface area contributed by atoms with Crippen molar-refractivity contribution in [3.63, 3.8) is 0 Å². The fourth-order valence-electron chi connectivity index (χ4n) is 2.31. The molecule has 0 saturated heterocycles. The van der Waals surface area contributed by atoms with E-state index < -0.39 is 0 Å². The highest BCUT2D eigenvalue weighted by Crippen LogP contribution is 2.51. The molecule has 2 rings (SSSR count). The molecule has 1 saturated carbocycles. The lowest BCUT2D eigenvalue weighted by Gasteiger charge is -2.15. The zero-order valence-corrected chi connectivity index (χ0v) is 11.8. The van der Waals surface area contributed by atoms with Crippen LogP contribution in [0.2, 0.25) is 0 Å². The largest absolute Gasteiger partial charge is 0.376 e. The lowest BCUT2D eigenvalue weighted by molar-refractivity contribution is 0.102. The maximum atomic E-state index is 5.82. The summed E-state index contributed by atoms with van der Waals surface area (Å²) in [7, 11) is 0. The van der Waals surface area contributed by atoms with Crippen molar-refractivity contribution in [2.75, 3.05) is 13.2 Å². The molecule has 0 bridgehead atoms. The van der Waals surface area contributed by atoms with E-state index in [1.54, 1.807) is 0 Å². The summed E-state index contributed by atoms with van der Waals surface area (Å²) < 4.78 is 5.82. The molecule has 0 aromatic heterocycles. The molecule has 100 valence electrons. The molecular weight excluding hydrogens is 222 g/mol. The molecule has 2 nitrogen and oxygen atoms in total. The van der Waals surface area contributed by atoms with E-state index in [1.165, 1.54) is 12.0 Å². The zero-order valence-electron chi connectivity index (χ0n) is 11.8. The lowest BCUT2D eigenvalue weighted by atomic mass is 10.1. The van der Waals surface area contributed by atoms with Crippen molar-refractivity contribution in [3.05, 3.63) is 35.9 Å². The first-order valence-corrected chi connectivity index (χ1v) is 6.95. The van der Waals surface area contributed by atoms with Crippen LogP contribution in [0.1, 0.15) is 32.8 Å². The highest BCUT2D eigenvalue weighted by atomic mass is 16.5. The first-order valence-electron chi connectivity index (χ1n) is 6.95. The van der Waals surface area contributed by atoms with Gasteiger partial charge in [-0.2, -0.15) is 0 Å². The minimum Gasteiger partial charge on any atom is -0.376 e. The fraction of sp³-hybridized carbons (Fsp3) is 0.625. The second-order valence-corrected chi connectivity index (χ2v) is 6.09. The molecule has 1 aliphatic rings. The van der Waals surface area contributed by atoms with Crippen LogP contribution in [0.3, 0.4) is 0 Å². The summed E-state index contributed by atoms with van der Waals surface area (Å²) in [4.78, 5) is 0. The van der Waals surface area contributed by atoms with Crippen LogP contribution in [0.4, 0.5) is 0 Å². The third-order valence-electron chi connectivity index (χ3n) is 3.88. The Morgan fingerprint density at radius 1 is 1.33 bits per heavy atom. The monoisotopic (exact) mass is 247 g/mol. The summed E-state index contributed by atoms with van der Waals surface area (Å²) in [6.45, 7) is 9.51. The standard InChI is InChI=1S/C16H25NO/c1-13(2)17-12-16(3)9-15(16)11-18-10-14-7-5-4-6-8-14/h4-8,13,15,17H,9-12H2,1-3H3/t15-,16-/m0/s1. The SMILES string of the molecule is CC(C)NC[C@]1(C)C[C@H]1COCc1ccccc1. The van der Waals surface area contributed by atoms with E-state index in [1.807, 2.05) is 6.07 Å². The first kappa shape index (κ1) is 13.6. The van der Waals surface area contributed by atoms with Crippen LogP contribution in [-0.2, 0) is 11.3 Å². The molecule has 2 heteroatoms. The van der Waals surface area contributed by atoms with Gasteiger partial charge in [-0.25, -0.2) is 0 Å². The molecule has 1 aromatic carbocycles. The Morgan fingerprint density at radius 2 is 2.06 bits per heavy atom. The Morgan fingerprint density at radius 3 is 2.72 bits per heavy atom. The van der Waals surface area contributed by atoms with Crippen LogP contribution < -0.4 is 5.32 Å². The highest BCUT2D eigenvalue weighted by Gasteiger charge is 2.49. The maximum Gasteiger partial charge on any atom is 0.0717 e. The summed E-state index contributed by atoms with van der Waals surface area (Å²) >= 11 is 0. The Labute approximate surface area is 111 Å². The van der Waals surface area contributed by atoms with Gasteiger partial charge >= 0.3 is 0 Å². The minimum atomic E-state index is 0.459. The van der Waals surface area contributed by atoms with E-state index in [9.17, 15) is 0 Å². The van der Waals surface area contributed by atoms with Gasteiger partial charge in [-0.15, -0.1) is 0 Å². The molecule has 0 unspecified atom stereocenters. The van der Waals surface area contributed by atoms with Crippen LogP contribution >= 0.6 is 0 Å². The number of nitrogens with one attached hydrogen (secondary N) is 1. The van der Waals surface area contributed by atoms with Crippen LogP contribution in [0.15, 0.2) is 30.3 Å². The number of rotatable bonds is 7. The number of ether oxygens (including phenoxy) is 1. The topological polar surface area (TPSA) is 21.3 Å². The molecule has 0 aliphatic heterocycles. The molecule has 18 heavy (non-hydrogen) atoms. The van der Waals surface area contributed by atoms with Gasteiger partial charge in [0, 0.05) is 12.6 Å². The van der Waals surface area contributed by atoms with Gasteiger partial charge in [0.25, 0.3) is 0 Å². The zero-order chi connectivity index (χ0) is 13.0. The van der Waals surface area contributed by atoms with Crippen LogP contribution in [-0.4, -0.2) is 19.2 Å². The Hall–Kier alpha value is -0.860. The first-order chi connectivity index (χ1) is 8.60. The summed E-state index contributed by atoms with van der Waals surface area (Å²) in [5.41, 5.74) is 1.72. The van der Waals surface area contributed by atoms with E-state index in [0.29, 0.717) is 11.5 Å². The second-order valence-electron chi connectivity index (χ2n) is 6.09. The van der Waals surface area contributed by atoms with Gasteiger partial charge in [0.05, 0.1) is 13.2 Å². The molecular formula is C16H25NO. The van der Waals surface area contributed by atoms with Crippen molar-refractivity contribution in [2.45, 2.75) is 39.8 Å². The number of hydrogen-bond donors (Lipinski definition) is 1. The van der Waals surface area contributed by atoms with E-state index in [0.717, 1.165) is 25.7 Å². The van der Waals surface area contributed by atoms with Crippen LogP contribution in [0.25, 0.3) is 0 Å². The van der Waals surface area contributed by atoms with Crippen molar-refractivity contribution in [1.82, 2.24) is 5.32 Å². The van der Waals surface area contributed by atoms with Crippen LogP contribution in [0.5, 0.6) is 0 Å². The van der Waals surface area contributed by atoms with Crippen molar-refractivity contribution in [1.29, 1.82) is 0 Å². The Kier molecular flexibility index (Phi) is 4.41. The molecule has 1 aromatic rings. The average Bonchev–Trinajstić information content (AvgIpc) is 3.00. The molecule has 0 heterocycles. The normalized spacial score (nSPS) is 26.6. The number of benzene rings is 1. The quantitative estimate of drug-likeness (QED) is 0.798. The van der Waals surface area contributed by atoms with E-state index in [2.05, 4.69) is 50.4 Å². The third-order valence-corrected chi connectivity index (χ3v) is 3.88. The smallest absolute Gasteiger partial charge is 0.0717 e. The van der Waals surface area contributed by atoms with Gasteiger partial charge in [-0.1, -0.05) is 51.1 Å². The minimum absolute atomic E-state index is 0.459. The third kappa shape index (κ3) is 3.82. The van der Waals surface area contributed by atoms with Gasteiger partial charge < -0.3 is 10.1 Å². The lowest BCUT2D eigenvalue weighted by Crippen LogP contribution is -2.29. The molecule has 1 fully saturated rings. The summed E-state index contributed by atoms with van der Waals surface area (Å²) in [6, 6.07) is 11.0. The predicted molar refractivity (Wildman–Crippen MR) is 75.5 cm³/mol. The second kappa shape index (κ2) is 5.85. The van der Waals surface area contributed by atoms with E-state index >= 15 is 0 Å². The summed E-state index contributed by atoms with van der Waals surface area (Å²) in [5, 5.41) is 3.53. The molecule has 0 spiro atoms. The molecule has 2 atom stereocenters. The number of hydrogen-bond acceptors (Lipinski definition) is 2. The fourth-order valence-corrected chi connectivity index (χ4v) is 2.31. The van der Waals surface area contributed by atoms with Gasteiger partial charge in [-0.3, -0.25) is 0 Å². The van der Waals surface area contributed by atoms with Crippen molar-refractivity contribution in [3.8, 4) is 0 Å². The van der Waals surface area contributed by atoms with Gasteiger partial charge in [0.15, 0.2) is 0 Å². The van der Waals surface area contributed by atoms with E-state index in [4.69, 9.17) is 4.74 Å². The van der Waals surface area contributed by atoms with Crippen LogP contribution in [0, 0.1) is 11.3 Å². The van der Waals surface area contributed by atoms with Gasteiger partial charge in [-0.05, 0) is 23.3 Å². The maximum absolute atomic E-state index is 5.82. The Bertz CT molecular complexity index is 363. The Balaban J connectivity index is 1.64. The van der Waals surface area contributed by atoms with Crippen molar-refractivity contribution >= 4 is 0 Å².